The number of aliphatic hydroxyl groups excluding tert-OH is 1. The molecule has 198 valence electrons. The van der Waals surface area contributed by atoms with Crippen molar-refractivity contribution in [2.45, 2.75) is 38.1 Å². The molecule has 2 aliphatic rings. The van der Waals surface area contributed by atoms with Crippen LogP contribution in [0.2, 0.25) is 0 Å². The first-order chi connectivity index (χ1) is 18.2. The number of rotatable bonds is 6. The van der Waals surface area contributed by atoms with Crippen LogP contribution < -0.4 is 15.5 Å². The van der Waals surface area contributed by atoms with E-state index in [0.29, 0.717) is 37.1 Å². The lowest BCUT2D eigenvalue weighted by Gasteiger charge is -2.36. The third-order valence-corrected chi connectivity index (χ3v) is 6.82. The van der Waals surface area contributed by atoms with Gasteiger partial charge in [-0.3, -0.25) is 14.4 Å². The van der Waals surface area contributed by atoms with Crippen LogP contribution in [0.3, 0.4) is 0 Å². The Morgan fingerprint density at radius 1 is 1.11 bits per heavy atom. The number of halogens is 3. The summed E-state index contributed by atoms with van der Waals surface area (Å²) in [5.41, 5.74) is -1.26. The Balaban J connectivity index is 1.55. The standard InChI is InChI=1S/C27H24F3N3O5/c28-16-9-19(29)17(20(30)10-16)11-31-26(36)18-12-33-21-13-32(8-4-7-22(21)34)27(37)23(33)25(24(18)35)38-14-15-5-2-1-3-6-15/h1-3,5-6,9-10,12,21-22,34H,4,7-8,11,13-14H2,(H,31,36). The number of nitrogens with one attached hydrogen (secondary N) is 1. The minimum absolute atomic E-state index is 0.0688. The zero-order chi connectivity index (χ0) is 27.0. The van der Waals surface area contributed by atoms with Crippen LogP contribution in [0.1, 0.15) is 50.9 Å². The van der Waals surface area contributed by atoms with E-state index in [1.807, 2.05) is 0 Å². The van der Waals surface area contributed by atoms with Crippen molar-refractivity contribution >= 4 is 11.8 Å². The van der Waals surface area contributed by atoms with Gasteiger partial charge in [0.05, 0.1) is 12.1 Å². The molecule has 1 aromatic heterocycles. The second-order valence-electron chi connectivity index (χ2n) is 9.29. The molecule has 2 aliphatic heterocycles. The molecular formula is C27H24F3N3O5. The molecule has 2 amide bonds. The van der Waals surface area contributed by atoms with E-state index < -0.39 is 64.5 Å². The number of hydrogen-bond donors (Lipinski definition) is 2. The summed E-state index contributed by atoms with van der Waals surface area (Å²) in [6.45, 7) is -0.144. The monoisotopic (exact) mass is 527 g/mol. The fourth-order valence-electron chi connectivity index (χ4n) is 4.84. The van der Waals surface area contributed by atoms with Crippen molar-refractivity contribution in [3.63, 3.8) is 0 Å². The Bertz CT molecular complexity index is 1440. The van der Waals surface area contributed by atoms with Crippen molar-refractivity contribution < 1.29 is 32.6 Å². The summed E-state index contributed by atoms with van der Waals surface area (Å²) in [4.78, 5) is 41.5. The van der Waals surface area contributed by atoms with E-state index in [2.05, 4.69) is 5.32 Å². The Morgan fingerprint density at radius 2 is 1.82 bits per heavy atom. The average molecular weight is 527 g/mol. The fraction of sp³-hybridized carbons (Fsp3) is 0.296. The molecule has 8 nitrogen and oxygen atoms in total. The summed E-state index contributed by atoms with van der Waals surface area (Å²) < 4.78 is 48.6. The van der Waals surface area contributed by atoms with E-state index in [0.717, 1.165) is 0 Å². The largest absolute Gasteiger partial charge is 0.483 e. The summed E-state index contributed by atoms with van der Waals surface area (Å²) in [5, 5.41) is 13.1. The molecule has 0 aliphatic carbocycles. The molecule has 2 unspecified atom stereocenters. The minimum atomic E-state index is -1.19. The van der Waals surface area contributed by atoms with Crippen LogP contribution in [0.25, 0.3) is 0 Å². The number of aliphatic hydroxyl groups is 1. The lowest BCUT2D eigenvalue weighted by atomic mass is 10.0. The van der Waals surface area contributed by atoms with Crippen molar-refractivity contribution in [1.82, 2.24) is 14.8 Å². The maximum absolute atomic E-state index is 14.1. The molecule has 2 aromatic carbocycles. The number of nitrogens with zero attached hydrogens (tertiary/aromatic N) is 2. The van der Waals surface area contributed by atoms with Gasteiger partial charge in [-0.1, -0.05) is 30.3 Å². The molecule has 2 atom stereocenters. The van der Waals surface area contributed by atoms with Crippen LogP contribution in [0.15, 0.2) is 53.5 Å². The number of fused-ring (bicyclic) bond motifs is 4. The molecule has 11 heteroatoms. The van der Waals surface area contributed by atoms with Gasteiger partial charge >= 0.3 is 0 Å². The van der Waals surface area contributed by atoms with Crippen LogP contribution in [-0.2, 0) is 13.2 Å². The normalized spacial score (nSPS) is 18.5. The van der Waals surface area contributed by atoms with Crippen molar-refractivity contribution in [3.8, 4) is 5.75 Å². The number of ether oxygens (including phenoxy) is 1. The first-order valence-corrected chi connectivity index (χ1v) is 12.1. The highest BCUT2D eigenvalue weighted by Crippen LogP contribution is 2.33. The fourth-order valence-corrected chi connectivity index (χ4v) is 4.84. The van der Waals surface area contributed by atoms with Gasteiger partial charge in [-0.2, -0.15) is 0 Å². The molecule has 2 N–H and O–H groups in total. The molecule has 2 bridgehead atoms. The molecule has 5 rings (SSSR count). The maximum atomic E-state index is 14.1. The number of amides is 2. The van der Waals surface area contributed by atoms with Crippen LogP contribution >= 0.6 is 0 Å². The average Bonchev–Trinajstić information content (AvgIpc) is 3.06. The van der Waals surface area contributed by atoms with Gasteiger partial charge in [0.25, 0.3) is 11.8 Å². The number of carbonyl (C=O) groups is 2. The summed E-state index contributed by atoms with van der Waals surface area (Å²) >= 11 is 0. The predicted molar refractivity (Wildman–Crippen MR) is 129 cm³/mol. The zero-order valence-electron chi connectivity index (χ0n) is 20.1. The predicted octanol–water partition coefficient (Wildman–Crippen LogP) is 2.93. The molecule has 38 heavy (non-hydrogen) atoms. The van der Waals surface area contributed by atoms with Gasteiger partial charge in [-0.25, -0.2) is 13.2 Å². The minimum Gasteiger partial charge on any atom is -0.483 e. The SMILES string of the molecule is O=C(NCc1c(F)cc(F)cc1F)c1cn2c(c(OCc3ccccc3)c1=O)C(=O)N1CCCC(O)C2C1. The number of pyridine rings is 1. The first-order valence-electron chi connectivity index (χ1n) is 12.1. The molecular weight excluding hydrogens is 503 g/mol. The highest BCUT2D eigenvalue weighted by Gasteiger charge is 2.40. The van der Waals surface area contributed by atoms with Gasteiger partial charge in [0, 0.05) is 43.5 Å². The number of aromatic nitrogens is 1. The van der Waals surface area contributed by atoms with E-state index in [1.165, 1.54) is 10.8 Å². The third-order valence-electron chi connectivity index (χ3n) is 6.82. The van der Waals surface area contributed by atoms with Crippen molar-refractivity contribution in [2.24, 2.45) is 0 Å². The Labute approximate surface area is 215 Å². The highest BCUT2D eigenvalue weighted by molar-refractivity contribution is 5.99. The smallest absolute Gasteiger partial charge is 0.274 e. The van der Waals surface area contributed by atoms with Crippen LogP contribution in [0.4, 0.5) is 13.2 Å². The Hall–Kier alpha value is -4.12. The second kappa shape index (κ2) is 10.3. The molecule has 0 spiro atoms. The lowest BCUT2D eigenvalue weighted by Crippen LogP contribution is -2.47. The number of carbonyl (C=O) groups excluding carboxylic acids is 2. The first kappa shape index (κ1) is 25.5. The quantitative estimate of drug-likeness (QED) is 0.514. The molecule has 1 saturated heterocycles. The van der Waals surface area contributed by atoms with Gasteiger partial charge in [0.15, 0.2) is 11.4 Å². The number of benzene rings is 2. The topological polar surface area (TPSA) is 101 Å². The van der Waals surface area contributed by atoms with Gasteiger partial charge in [0.2, 0.25) is 5.43 Å². The van der Waals surface area contributed by atoms with Crippen LogP contribution in [0.5, 0.6) is 5.75 Å². The van der Waals surface area contributed by atoms with E-state index in [4.69, 9.17) is 4.74 Å². The summed E-state index contributed by atoms with van der Waals surface area (Å²) in [7, 11) is 0. The van der Waals surface area contributed by atoms with Crippen molar-refractivity contribution in [2.75, 3.05) is 13.1 Å². The van der Waals surface area contributed by atoms with Crippen molar-refractivity contribution in [1.29, 1.82) is 0 Å². The van der Waals surface area contributed by atoms with Crippen molar-refractivity contribution in [3.05, 3.63) is 98.7 Å². The summed E-state index contributed by atoms with van der Waals surface area (Å²) in [5.74, 6) is -5.28. The molecule has 0 saturated carbocycles. The molecule has 3 aromatic rings. The van der Waals surface area contributed by atoms with Crippen LogP contribution in [-0.4, -0.2) is 45.6 Å². The third kappa shape index (κ3) is 4.76. The maximum Gasteiger partial charge on any atom is 0.274 e. The van der Waals surface area contributed by atoms with E-state index in [1.54, 1.807) is 35.2 Å². The summed E-state index contributed by atoms with van der Waals surface area (Å²) in [6.07, 6.45) is 1.29. The second-order valence-corrected chi connectivity index (χ2v) is 9.29. The van der Waals surface area contributed by atoms with E-state index in [-0.39, 0.29) is 24.6 Å². The van der Waals surface area contributed by atoms with E-state index >= 15 is 0 Å². The van der Waals surface area contributed by atoms with Gasteiger partial charge in [-0.15, -0.1) is 0 Å². The lowest BCUT2D eigenvalue weighted by molar-refractivity contribution is 0.0554. The van der Waals surface area contributed by atoms with E-state index in [9.17, 15) is 32.7 Å². The summed E-state index contributed by atoms with van der Waals surface area (Å²) in [6, 6.07) is 9.23. The van der Waals surface area contributed by atoms with Crippen LogP contribution in [0, 0.1) is 17.5 Å². The van der Waals surface area contributed by atoms with Gasteiger partial charge in [0.1, 0.15) is 29.6 Å². The Kier molecular flexibility index (Phi) is 6.94. The molecule has 0 radical (unpaired) electrons. The molecule has 3 heterocycles. The molecule has 1 fully saturated rings. The zero-order valence-corrected chi connectivity index (χ0v) is 20.1. The highest BCUT2D eigenvalue weighted by atomic mass is 19.1. The van der Waals surface area contributed by atoms with Gasteiger partial charge < -0.3 is 24.6 Å². The Morgan fingerprint density at radius 3 is 2.53 bits per heavy atom. The number of hydrogen-bond acceptors (Lipinski definition) is 5. The van der Waals surface area contributed by atoms with Gasteiger partial charge in [-0.05, 0) is 18.4 Å².